The molecule has 0 heterocycles. The van der Waals surface area contributed by atoms with Crippen LogP contribution in [0.4, 0.5) is 0 Å². The first-order valence-corrected chi connectivity index (χ1v) is 8.50. The molecule has 2 aromatic carbocycles. The van der Waals surface area contributed by atoms with Gasteiger partial charge in [-0.3, -0.25) is 0 Å². The predicted octanol–water partition coefficient (Wildman–Crippen LogP) is 6.21. The number of hydrogen-bond acceptors (Lipinski definition) is 2. The lowest BCUT2D eigenvalue weighted by molar-refractivity contribution is 0.434. The summed E-state index contributed by atoms with van der Waals surface area (Å²) >= 11 is 0. The molecule has 2 nitrogen and oxygen atoms in total. The van der Waals surface area contributed by atoms with Crippen molar-refractivity contribution in [3.8, 4) is 17.2 Å². The molecule has 0 amide bonds. The van der Waals surface area contributed by atoms with E-state index in [1.165, 1.54) is 24.8 Å². The SMILES string of the molecule is CCCCCc1ccc(Oc2ccc(C(C)(C)C)c(O)c2)cc1. The average Bonchev–Trinajstić information content (AvgIpc) is 2.48. The van der Waals surface area contributed by atoms with Gasteiger partial charge < -0.3 is 9.84 Å². The second-order valence-corrected chi connectivity index (χ2v) is 7.13. The van der Waals surface area contributed by atoms with E-state index in [9.17, 15) is 5.11 Å². The Kier molecular flexibility index (Phi) is 5.70. The number of benzene rings is 2. The van der Waals surface area contributed by atoms with Crippen LogP contribution in [0.15, 0.2) is 42.5 Å². The standard InChI is InChI=1S/C21H28O2/c1-5-6-7-8-16-9-11-17(12-10-16)23-18-13-14-19(20(22)15-18)21(2,3)4/h9-15,22H,5-8H2,1-4H3. The molecular weight excluding hydrogens is 284 g/mol. The highest BCUT2D eigenvalue weighted by Crippen LogP contribution is 2.34. The molecule has 0 spiro atoms. The number of rotatable bonds is 6. The summed E-state index contributed by atoms with van der Waals surface area (Å²) in [4.78, 5) is 0. The largest absolute Gasteiger partial charge is 0.508 e. The van der Waals surface area contributed by atoms with E-state index >= 15 is 0 Å². The number of hydrogen-bond donors (Lipinski definition) is 1. The fourth-order valence-electron chi connectivity index (χ4n) is 2.65. The van der Waals surface area contributed by atoms with Gasteiger partial charge in [0.1, 0.15) is 17.2 Å². The maximum Gasteiger partial charge on any atom is 0.131 e. The summed E-state index contributed by atoms with van der Waals surface area (Å²) in [6, 6.07) is 13.8. The summed E-state index contributed by atoms with van der Waals surface area (Å²) in [5, 5.41) is 10.2. The molecule has 0 bridgehead atoms. The van der Waals surface area contributed by atoms with E-state index in [-0.39, 0.29) is 11.2 Å². The fourth-order valence-corrected chi connectivity index (χ4v) is 2.65. The Hall–Kier alpha value is -1.96. The third-order valence-electron chi connectivity index (χ3n) is 4.01. The smallest absolute Gasteiger partial charge is 0.131 e. The van der Waals surface area contributed by atoms with Crippen LogP contribution in [-0.4, -0.2) is 5.11 Å². The van der Waals surface area contributed by atoms with Crippen LogP contribution in [0.25, 0.3) is 0 Å². The van der Waals surface area contributed by atoms with Gasteiger partial charge in [0.25, 0.3) is 0 Å². The summed E-state index contributed by atoms with van der Waals surface area (Å²) in [5.41, 5.74) is 2.19. The van der Waals surface area contributed by atoms with Crippen LogP contribution in [0.5, 0.6) is 17.2 Å². The first-order valence-electron chi connectivity index (χ1n) is 8.50. The third kappa shape index (κ3) is 5.02. The molecule has 0 atom stereocenters. The van der Waals surface area contributed by atoms with Gasteiger partial charge in [0.15, 0.2) is 0 Å². The Labute approximate surface area is 140 Å². The highest BCUT2D eigenvalue weighted by atomic mass is 16.5. The minimum atomic E-state index is -0.0806. The summed E-state index contributed by atoms with van der Waals surface area (Å²) in [5.74, 6) is 1.74. The number of phenolic OH excluding ortho intramolecular Hbond substituents is 1. The molecule has 0 unspecified atom stereocenters. The quantitative estimate of drug-likeness (QED) is 0.642. The molecule has 0 aliphatic rings. The highest BCUT2D eigenvalue weighted by molar-refractivity contribution is 5.44. The van der Waals surface area contributed by atoms with Crippen molar-refractivity contribution in [3.63, 3.8) is 0 Å². The van der Waals surface area contributed by atoms with Crippen LogP contribution in [0.1, 0.15) is 58.1 Å². The van der Waals surface area contributed by atoms with Crippen molar-refractivity contribution >= 4 is 0 Å². The van der Waals surface area contributed by atoms with Crippen LogP contribution >= 0.6 is 0 Å². The molecule has 124 valence electrons. The molecule has 0 saturated heterocycles. The zero-order valence-electron chi connectivity index (χ0n) is 14.7. The van der Waals surface area contributed by atoms with Crippen molar-refractivity contribution in [1.29, 1.82) is 0 Å². The van der Waals surface area contributed by atoms with E-state index in [1.807, 2.05) is 24.3 Å². The lowest BCUT2D eigenvalue weighted by Crippen LogP contribution is -2.11. The Morgan fingerprint density at radius 1 is 0.913 bits per heavy atom. The molecule has 0 radical (unpaired) electrons. The maximum absolute atomic E-state index is 10.2. The van der Waals surface area contributed by atoms with Gasteiger partial charge in [0.05, 0.1) is 0 Å². The van der Waals surface area contributed by atoms with Crippen LogP contribution in [0, 0.1) is 0 Å². The second-order valence-electron chi connectivity index (χ2n) is 7.13. The molecule has 0 aromatic heterocycles. The van der Waals surface area contributed by atoms with E-state index in [4.69, 9.17) is 4.74 Å². The molecule has 2 rings (SSSR count). The van der Waals surface area contributed by atoms with E-state index in [0.717, 1.165) is 17.7 Å². The number of aromatic hydroxyl groups is 1. The molecule has 23 heavy (non-hydrogen) atoms. The lowest BCUT2D eigenvalue weighted by Gasteiger charge is -2.20. The molecule has 2 heteroatoms. The van der Waals surface area contributed by atoms with E-state index in [2.05, 4.69) is 39.8 Å². The van der Waals surface area contributed by atoms with Crippen LogP contribution in [0.2, 0.25) is 0 Å². The van der Waals surface area contributed by atoms with Gasteiger partial charge in [0, 0.05) is 6.07 Å². The molecule has 0 aliphatic carbocycles. The summed E-state index contributed by atoms with van der Waals surface area (Å²) in [7, 11) is 0. The van der Waals surface area contributed by atoms with Crippen molar-refractivity contribution in [2.45, 2.75) is 58.8 Å². The molecule has 0 saturated carbocycles. The fraction of sp³-hybridized carbons (Fsp3) is 0.429. The van der Waals surface area contributed by atoms with Crippen molar-refractivity contribution in [3.05, 3.63) is 53.6 Å². The van der Waals surface area contributed by atoms with Crippen molar-refractivity contribution < 1.29 is 9.84 Å². The zero-order chi connectivity index (χ0) is 16.9. The first-order chi connectivity index (χ1) is 10.9. The summed E-state index contributed by atoms with van der Waals surface area (Å²) in [6.45, 7) is 8.47. The van der Waals surface area contributed by atoms with E-state index in [1.54, 1.807) is 6.07 Å². The van der Waals surface area contributed by atoms with Gasteiger partial charge in [-0.2, -0.15) is 0 Å². The van der Waals surface area contributed by atoms with Crippen molar-refractivity contribution in [2.24, 2.45) is 0 Å². The first kappa shape index (κ1) is 17.4. The normalized spacial score (nSPS) is 11.5. The topological polar surface area (TPSA) is 29.5 Å². The number of ether oxygens (including phenoxy) is 1. The molecule has 0 fully saturated rings. The Balaban J connectivity index is 2.03. The number of aryl methyl sites for hydroxylation is 1. The summed E-state index contributed by atoms with van der Waals surface area (Å²) < 4.78 is 5.85. The third-order valence-corrected chi connectivity index (χ3v) is 4.01. The van der Waals surface area contributed by atoms with E-state index in [0.29, 0.717) is 5.75 Å². The van der Waals surface area contributed by atoms with Gasteiger partial charge >= 0.3 is 0 Å². The lowest BCUT2D eigenvalue weighted by atomic mass is 9.86. The molecule has 0 aliphatic heterocycles. The Morgan fingerprint density at radius 2 is 1.57 bits per heavy atom. The second kappa shape index (κ2) is 7.54. The van der Waals surface area contributed by atoms with Crippen molar-refractivity contribution in [1.82, 2.24) is 0 Å². The minimum Gasteiger partial charge on any atom is -0.508 e. The predicted molar refractivity (Wildman–Crippen MR) is 96.6 cm³/mol. The maximum atomic E-state index is 10.2. The van der Waals surface area contributed by atoms with Gasteiger partial charge in [-0.1, -0.05) is 58.7 Å². The van der Waals surface area contributed by atoms with Crippen molar-refractivity contribution in [2.75, 3.05) is 0 Å². The highest BCUT2D eigenvalue weighted by Gasteiger charge is 2.18. The van der Waals surface area contributed by atoms with Gasteiger partial charge in [-0.25, -0.2) is 0 Å². The molecule has 2 aromatic rings. The van der Waals surface area contributed by atoms with Crippen LogP contribution in [0.3, 0.4) is 0 Å². The Morgan fingerprint density at radius 3 is 2.13 bits per heavy atom. The van der Waals surface area contributed by atoms with Gasteiger partial charge in [0.2, 0.25) is 0 Å². The Bertz CT molecular complexity index is 621. The molecular formula is C21H28O2. The van der Waals surface area contributed by atoms with Gasteiger partial charge in [-0.05, 0) is 47.6 Å². The van der Waals surface area contributed by atoms with Crippen LogP contribution in [-0.2, 0) is 11.8 Å². The van der Waals surface area contributed by atoms with Crippen LogP contribution < -0.4 is 4.74 Å². The number of phenols is 1. The molecule has 1 N–H and O–H groups in total. The zero-order valence-corrected chi connectivity index (χ0v) is 14.7. The summed E-state index contributed by atoms with van der Waals surface area (Å²) in [6.07, 6.45) is 4.88. The number of unbranched alkanes of at least 4 members (excludes halogenated alkanes) is 2. The van der Waals surface area contributed by atoms with Gasteiger partial charge in [-0.15, -0.1) is 0 Å². The average molecular weight is 312 g/mol. The van der Waals surface area contributed by atoms with E-state index < -0.39 is 0 Å². The monoisotopic (exact) mass is 312 g/mol. The minimum absolute atomic E-state index is 0.0806.